The lowest BCUT2D eigenvalue weighted by atomic mass is 10.4. The van der Waals surface area contributed by atoms with Crippen molar-refractivity contribution in [2.24, 2.45) is 0 Å². The molecule has 3 heterocycles. The van der Waals surface area contributed by atoms with E-state index in [4.69, 9.17) is 8.83 Å². The Morgan fingerprint density at radius 3 is 1.86 bits per heavy atom. The fourth-order valence-electron chi connectivity index (χ4n) is 1.43. The van der Waals surface area contributed by atoms with Crippen LogP contribution in [0.2, 0.25) is 0 Å². The van der Waals surface area contributed by atoms with Crippen molar-refractivity contribution < 1.29 is 8.83 Å². The zero-order valence-electron chi connectivity index (χ0n) is 7.74. The van der Waals surface area contributed by atoms with E-state index in [-0.39, 0.29) is 0 Å². The Bertz CT molecular complexity index is 521. The highest BCUT2D eigenvalue weighted by molar-refractivity contribution is 5.82. The van der Waals surface area contributed by atoms with E-state index in [1.165, 1.54) is 0 Å². The average molecular weight is 189 g/mol. The Labute approximate surface area is 78.8 Å². The molecule has 0 aliphatic carbocycles. The number of hydrogen-bond acceptors (Lipinski definition) is 5. The second kappa shape index (κ2) is 2.31. The molecular weight excluding hydrogens is 182 g/mol. The first-order chi connectivity index (χ1) is 6.72. The van der Waals surface area contributed by atoms with Crippen LogP contribution in [0.1, 0.15) is 11.8 Å². The lowest BCUT2D eigenvalue weighted by Crippen LogP contribution is -1.75. The molecule has 14 heavy (non-hydrogen) atoms. The van der Waals surface area contributed by atoms with Gasteiger partial charge >= 0.3 is 0 Å². The first kappa shape index (κ1) is 7.49. The van der Waals surface area contributed by atoms with Crippen LogP contribution in [0.15, 0.2) is 14.9 Å². The van der Waals surface area contributed by atoms with Crippen LogP contribution in [0.5, 0.6) is 0 Å². The highest BCUT2D eigenvalue weighted by Crippen LogP contribution is 2.19. The monoisotopic (exact) mass is 189 g/mol. The van der Waals surface area contributed by atoms with Crippen LogP contribution >= 0.6 is 0 Å². The molecule has 0 atom stereocenters. The SMILES string of the molecule is Cc1nc2cc3nc(C)oc3nc2o1. The molecular formula is C9H7N3O2. The maximum absolute atomic E-state index is 5.28. The highest BCUT2D eigenvalue weighted by Gasteiger charge is 2.09. The smallest absolute Gasteiger partial charge is 0.250 e. The van der Waals surface area contributed by atoms with E-state index in [0.29, 0.717) is 34.2 Å². The minimum atomic E-state index is 0.492. The molecule has 3 aromatic rings. The van der Waals surface area contributed by atoms with Crippen LogP contribution in [0.3, 0.4) is 0 Å². The number of hydrogen-bond donors (Lipinski definition) is 0. The summed E-state index contributed by atoms with van der Waals surface area (Å²) in [5.74, 6) is 1.19. The zero-order valence-corrected chi connectivity index (χ0v) is 7.74. The number of nitrogens with zero attached hydrogens (tertiary/aromatic N) is 3. The van der Waals surface area contributed by atoms with Crippen molar-refractivity contribution in [1.82, 2.24) is 15.0 Å². The van der Waals surface area contributed by atoms with Gasteiger partial charge in [-0.1, -0.05) is 0 Å². The van der Waals surface area contributed by atoms with Crippen LogP contribution < -0.4 is 0 Å². The minimum absolute atomic E-state index is 0.492. The molecule has 5 nitrogen and oxygen atoms in total. The first-order valence-electron chi connectivity index (χ1n) is 4.24. The standard InChI is InChI=1S/C9H7N3O2/c1-4-10-6-3-7-9(12-8(6)13-4)14-5(2)11-7/h3H,1-2H3. The van der Waals surface area contributed by atoms with Crippen molar-refractivity contribution in [2.45, 2.75) is 13.8 Å². The summed E-state index contributed by atoms with van der Waals surface area (Å²) in [5, 5.41) is 0. The molecule has 0 spiro atoms. The summed E-state index contributed by atoms with van der Waals surface area (Å²) in [6.07, 6.45) is 0. The van der Waals surface area contributed by atoms with Crippen molar-refractivity contribution in [3.05, 3.63) is 17.8 Å². The summed E-state index contributed by atoms with van der Waals surface area (Å²) < 4.78 is 10.6. The summed E-state index contributed by atoms with van der Waals surface area (Å²) in [6, 6.07) is 1.81. The van der Waals surface area contributed by atoms with E-state index >= 15 is 0 Å². The maximum atomic E-state index is 5.28. The van der Waals surface area contributed by atoms with Gasteiger partial charge in [-0.15, -0.1) is 0 Å². The predicted octanol–water partition coefficient (Wildman–Crippen LogP) is 1.98. The van der Waals surface area contributed by atoms with E-state index in [9.17, 15) is 0 Å². The lowest BCUT2D eigenvalue weighted by molar-refractivity contribution is 0.535. The van der Waals surface area contributed by atoms with Gasteiger partial charge in [0.05, 0.1) is 0 Å². The number of fused-ring (bicyclic) bond motifs is 2. The molecule has 0 aromatic carbocycles. The van der Waals surface area contributed by atoms with Gasteiger partial charge in [0.15, 0.2) is 11.8 Å². The van der Waals surface area contributed by atoms with Crippen molar-refractivity contribution in [3.63, 3.8) is 0 Å². The van der Waals surface area contributed by atoms with Gasteiger partial charge in [-0.3, -0.25) is 0 Å². The van der Waals surface area contributed by atoms with Gasteiger partial charge in [0.2, 0.25) is 11.4 Å². The largest absolute Gasteiger partial charge is 0.422 e. The quantitative estimate of drug-likeness (QED) is 0.541. The summed E-state index contributed by atoms with van der Waals surface area (Å²) in [4.78, 5) is 12.5. The molecule has 3 rings (SSSR count). The molecule has 3 aromatic heterocycles. The van der Waals surface area contributed by atoms with Gasteiger partial charge < -0.3 is 8.83 Å². The molecule has 0 radical (unpaired) electrons. The third-order valence-electron chi connectivity index (χ3n) is 1.96. The first-order valence-corrected chi connectivity index (χ1v) is 4.24. The Balaban J connectivity index is 2.49. The summed E-state index contributed by atoms with van der Waals surface area (Å²) in [5.41, 5.74) is 2.41. The van der Waals surface area contributed by atoms with E-state index in [1.807, 2.05) is 6.07 Å². The normalized spacial score (nSPS) is 11.6. The van der Waals surface area contributed by atoms with Crippen LogP contribution in [0.4, 0.5) is 0 Å². The molecule has 0 saturated heterocycles. The predicted molar refractivity (Wildman–Crippen MR) is 48.8 cm³/mol. The van der Waals surface area contributed by atoms with Gasteiger partial charge in [0, 0.05) is 19.9 Å². The average Bonchev–Trinajstić information content (AvgIpc) is 2.59. The summed E-state index contributed by atoms with van der Waals surface area (Å²) in [6.45, 7) is 3.56. The van der Waals surface area contributed by atoms with Crippen molar-refractivity contribution in [2.75, 3.05) is 0 Å². The summed E-state index contributed by atoms with van der Waals surface area (Å²) in [7, 11) is 0. The molecule has 5 heteroatoms. The van der Waals surface area contributed by atoms with Gasteiger partial charge in [-0.2, -0.15) is 4.98 Å². The number of aromatic nitrogens is 3. The Kier molecular flexibility index (Phi) is 1.24. The van der Waals surface area contributed by atoms with E-state index in [1.54, 1.807) is 13.8 Å². The zero-order chi connectivity index (χ0) is 9.71. The molecule has 0 fully saturated rings. The Hall–Kier alpha value is -1.91. The number of rotatable bonds is 0. The van der Waals surface area contributed by atoms with Crippen LogP contribution in [-0.4, -0.2) is 15.0 Å². The Morgan fingerprint density at radius 2 is 1.36 bits per heavy atom. The van der Waals surface area contributed by atoms with Crippen LogP contribution in [0, 0.1) is 13.8 Å². The van der Waals surface area contributed by atoms with E-state index in [2.05, 4.69) is 15.0 Å². The molecule has 0 aliphatic heterocycles. The van der Waals surface area contributed by atoms with E-state index < -0.39 is 0 Å². The molecule has 0 saturated carbocycles. The molecule has 0 amide bonds. The minimum Gasteiger partial charge on any atom is -0.422 e. The fourth-order valence-corrected chi connectivity index (χ4v) is 1.43. The van der Waals surface area contributed by atoms with Crippen molar-refractivity contribution >= 4 is 22.5 Å². The summed E-state index contributed by atoms with van der Waals surface area (Å²) >= 11 is 0. The lowest BCUT2D eigenvalue weighted by Gasteiger charge is -1.84. The van der Waals surface area contributed by atoms with Crippen molar-refractivity contribution in [3.8, 4) is 0 Å². The van der Waals surface area contributed by atoms with Crippen LogP contribution in [-0.2, 0) is 0 Å². The molecule has 0 aliphatic rings. The topological polar surface area (TPSA) is 65.0 Å². The number of aryl methyl sites for hydroxylation is 2. The van der Waals surface area contributed by atoms with Gasteiger partial charge in [0.25, 0.3) is 0 Å². The number of oxazole rings is 2. The second-order valence-corrected chi connectivity index (χ2v) is 3.10. The van der Waals surface area contributed by atoms with Crippen molar-refractivity contribution in [1.29, 1.82) is 0 Å². The van der Waals surface area contributed by atoms with Crippen LogP contribution in [0.25, 0.3) is 22.5 Å². The Morgan fingerprint density at radius 1 is 0.857 bits per heavy atom. The molecule has 0 bridgehead atoms. The third-order valence-corrected chi connectivity index (χ3v) is 1.96. The second-order valence-electron chi connectivity index (χ2n) is 3.10. The molecule has 0 N–H and O–H groups in total. The third kappa shape index (κ3) is 0.921. The molecule has 70 valence electrons. The van der Waals surface area contributed by atoms with E-state index in [0.717, 1.165) is 0 Å². The van der Waals surface area contributed by atoms with Gasteiger partial charge in [0.1, 0.15) is 11.0 Å². The molecule has 0 unspecified atom stereocenters. The highest BCUT2D eigenvalue weighted by atomic mass is 16.4. The fraction of sp³-hybridized carbons (Fsp3) is 0.222. The number of pyridine rings is 1. The van der Waals surface area contributed by atoms with Gasteiger partial charge in [-0.25, -0.2) is 9.97 Å². The van der Waals surface area contributed by atoms with Gasteiger partial charge in [-0.05, 0) is 0 Å². The maximum Gasteiger partial charge on any atom is 0.250 e.